The first-order valence-electron chi connectivity index (χ1n) is 5.57. The SMILES string of the molecule is CC(C)[NH2+]Cc1nc(-c2ccc(Cl)cc2)no1. The summed E-state index contributed by atoms with van der Waals surface area (Å²) in [5, 5.41) is 6.78. The lowest BCUT2D eigenvalue weighted by Gasteiger charge is -1.99. The van der Waals surface area contributed by atoms with Crippen molar-refractivity contribution in [3.63, 3.8) is 0 Å². The highest BCUT2D eigenvalue weighted by Crippen LogP contribution is 2.18. The van der Waals surface area contributed by atoms with Crippen molar-refractivity contribution in [1.29, 1.82) is 0 Å². The van der Waals surface area contributed by atoms with Crippen molar-refractivity contribution in [1.82, 2.24) is 10.1 Å². The second-order valence-corrected chi connectivity index (χ2v) is 4.64. The molecule has 1 aromatic heterocycles. The summed E-state index contributed by atoms with van der Waals surface area (Å²) in [5.41, 5.74) is 0.911. The summed E-state index contributed by atoms with van der Waals surface area (Å²) in [6.45, 7) is 4.95. The molecule has 2 aromatic rings. The third-order valence-electron chi connectivity index (χ3n) is 2.33. The maximum Gasteiger partial charge on any atom is 0.282 e. The van der Waals surface area contributed by atoms with E-state index >= 15 is 0 Å². The van der Waals surface area contributed by atoms with E-state index in [1.54, 1.807) is 0 Å². The molecule has 0 aliphatic rings. The van der Waals surface area contributed by atoms with E-state index in [-0.39, 0.29) is 0 Å². The third kappa shape index (κ3) is 3.28. The summed E-state index contributed by atoms with van der Waals surface area (Å²) in [6, 6.07) is 7.90. The smallest absolute Gasteiger partial charge is 0.282 e. The topological polar surface area (TPSA) is 55.5 Å². The minimum absolute atomic E-state index is 0.515. The number of nitrogens with zero attached hydrogens (tertiary/aromatic N) is 2. The van der Waals surface area contributed by atoms with Crippen molar-refractivity contribution < 1.29 is 9.84 Å². The van der Waals surface area contributed by atoms with Gasteiger partial charge in [-0.1, -0.05) is 16.8 Å². The Morgan fingerprint density at radius 2 is 2.00 bits per heavy atom. The zero-order valence-electron chi connectivity index (χ0n) is 9.85. The quantitative estimate of drug-likeness (QED) is 0.904. The maximum atomic E-state index is 5.82. The molecule has 0 aliphatic heterocycles. The van der Waals surface area contributed by atoms with Crippen molar-refractivity contribution in [2.24, 2.45) is 0 Å². The fourth-order valence-electron chi connectivity index (χ4n) is 1.39. The molecule has 1 heterocycles. The minimum Gasteiger partial charge on any atom is -0.336 e. The zero-order valence-corrected chi connectivity index (χ0v) is 10.6. The van der Waals surface area contributed by atoms with E-state index in [1.807, 2.05) is 24.3 Å². The van der Waals surface area contributed by atoms with Gasteiger partial charge < -0.3 is 9.84 Å². The Balaban J connectivity index is 2.10. The molecular weight excluding hydrogens is 238 g/mol. The first kappa shape index (κ1) is 12.1. The fraction of sp³-hybridized carbons (Fsp3) is 0.333. The van der Waals surface area contributed by atoms with Crippen molar-refractivity contribution in [2.45, 2.75) is 26.4 Å². The molecule has 5 heteroatoms. The number of benzene rings is 1. The lowest BCUT2D eigenvalue weighted by atomic mass is 10.2. The van der Waals surface area contributed by atoms with E-state index in [4.69, 9.17) is 16.1 Å². The maximum absolute atomic E-state index is 5.82. The number of halogens is 1. The van der Waals surface area contributed by atoms with Crippen LogP contribution in [0, 0.1) is 0 Å². The van der Waals surface area contributed by atoms with Crippen molar-refractivity contribution in [3.8, 4) is 11.4 Å². The molecule has 0 saturated heterocycles. The molecule has 0 atom stereocenters. The third-order valence-corrected chi connectivity index (χ3v) is 2.59. The van der Waals surface area contributed by atoms with Crippen LogP contribution in [0.3, 0.4) is 0 Å². The zero-order chi connectivity index (χ0) is 12.3. The van der Waals surface area contributed by atoms with Gasteiger partial charge in [0.1, 0.15) is 0 Å². The van der Waals surface area contributed by atoms with E-state index in [0.717, 1.165) is 5.56 Å². The van der Waals surface area contributed by atoms with Crippen LogP contribution in [-0.2, 0) is 6.54 Å². The second-order valence-electron chi connectivity index (χ2n) is 4.20. The number of hydrogen-bond donors (Lipinski definition) is 1. The van der Waals surface area contributed by atoms with E-state index < -0.39 is 0 Å². The first-order chi connectivity index (χ1) is 8.15. The summed E-state index contributed by atoms with van der Waals surface area (Å²) < 4.78 is 5.17. The predicted octanol–water partition coefficient (Wildman–Crippen LogP) is 1.86. The summed E-state index contributed by atoms with van der Waals surface area (Å²) in [4.78, 5) is 4.33. The van der Waals surface area contributed by atoms with Crippen molar-refractivity contribution >= 4 is 11.6 Å². The lowest BCUT2D eigenvalue weighted by molar-refractivity contribution is -0.700. The molecule has 2 rings (SSSR count). The highest BCUT2D eigenvalue weighted by molar-refractivity contribution is 6.30. The lowest BCUT2D eigenvalue weighted by Crippen LogP contribution is -2.86. The van der Waals surface area contributed by atoms with Crippen LogP contribution < -0.4 is 5.32 Å². The first-order valence-corrected chi connectivity index (χ1v) is 5.95. The van der Waals surface area contributed by atoms with Gasteiger partial charge in [0.05, 0.1) is 6.04 Å². The highest BCUT2D eigenvalue weighted by atomic mass is 35.5. The normalized spacial score (nSPS) is 11.1. The number of quaternary nitrogens is 1. The van der Waals surface area contributed by atoms with Gasteiger partial charge in [0.2, 0.25) is 5.82 Å². The van der Waals surface area contributed by atoms with Crippen LogP contribution in [0.15, 0.2) is 28.8 Å². The van der Waals surface area contributed by atoms with Gasteiger partial charge in [-0.25, -0.2) is 0 Å². The monoisotopic (exact) mass is 252 g/mol. The van der Waals surface area contributed by atoms with Gasteiger partial charge >= 0.3 is 0 Å². The van der Waals surface area contributed by atoms with E-state index in [1.165, 1.54) is 0 Å². The molecule has 4 nitrogen and oxygen atoms in total. The van der Waals surface area contributed by atoms with Gasteiger partial charge in [-0.2, -0.15) is 4.98 Å². The van der Waals surface area contributed by atoms with Gasteiger partial charge in [-0.3, -0.25) is 0 Å². The standard InChI is InChI=1S/C12H14ClN3O/c1-8(2)14-7-11-15-12(16-17-11)9-3-5-10(13)6-4-9/h3-6,8,14H,7H2,1-2H3/p+1. The Morgan fingerprint density at radius 3 is 2.65 bits per heavy atom. The van der Waals surface area contributed by atoms with Gasteiger partial charge in [0.25, 0.3) is 5.89 Å². The highest BCUT2D eigenvalue weighted by Gasteiger charge is 2.10. The molecule has 1 aromatic carbocycles. The number of nitrogens with two attached hydrogens (primary N) is 1. The van der Waals surface area contributed by atoms with Crippen LogP contribution in [0.25, 0.3) is 11.4 Å². The largest absolute Gasteiger partial charge is 0.336 e. The van der Waals surface area contributed by atoms with Crippen LogP contribution in [0.4, 0.5) is 0 Å². The van der Waals surface area contributed by atoms with E-state index in [2.05, 4.69) is 29.3 Å². The van der Waals surface area contributed by atoms with Crippen LogP contribution in [-0.4, -0.2) is 16.2 Å². The molecule has 0 bridgehead atoms. The molecular formula is C12H15ClN3O+. The van der Waals surface area contributed by atoms with Crippen LogP contribution >= 0.6 is 11.6 Å². The molecule has 17 heavy (non-hydrogen) atoms. The van der Waals surface area contributed by atoms with Crippen molar-refractivity contribution in [2.75, 3.05) is 0 Å². The second kappa shape index (κ2) is 5.29. The molecule has 2 N–H and O–H groups in total. The van der Waals surface area contributed by atoms with Crippen LogP contribution in [0.1, 0.15) is 19.7 Å². The average Bonchev–Trinajstić information content (AvgIpc) is 2.76. The molecule has 0 radical (unpaired) electrons. The van der Waals surface area contributed by atoms with Crippen LogP contribution in [0.2, 0.25) is 5.02 Å². The Morgan fingerprint density at radius 1 is 1.29 bits per heavy atom. The average molecular weight is 253 g/mol. The van der Waals surface area contributed by atoms with Crippen molar-refractivity contribution in [3.05, 3.63) is 35.2 Å². The Hall–Kier alpha value is -1.39. The number of rotatable bonds is 4. The Kier molecular flexibility index (Phi) is 3.76. The molecule has 0 unspecified atom stereocenters. The van der Waals surface area contributed by atoms with Gasteiger partial charge in [0.15, 0.2) is 6.54 Å². The summed E-state index contributed by atoms with van der Waals surface area (Å²) in [7, 11) is 0. The van der Waals surface area contributed by atoms with Crippen LogP contribution in [0.5, 0.6) is 0 Å². The number of aromatic nitrogens is 2. The van der Waals surface area contributed by atoms with E-state index in [0.29, 0.717) is 29.3 Å². The molecule has 0 amide bonds. The molecule has 0 saturated carbocycles. The summed E-state index contributed by atoms with van der Waals surface area (Å²) in [6.07, 6.45) is 0. The predicted molar refractivity (Wildman–Crippen MR) is 65.5 cm³/mol. The van der Waals surface area contributed by atoms with E-state index in [9.17, 15) is 0 Å². The van der Waals surface area contributed by atoms with Gasteiger partial charge in [-0.15, -0.1) is 0 Å². The Bertz CT molecular complexity index is 479. The molecule has 0 fully saturated rings. The molecule has 0 spiro atoms. The molecule has 0 aliphatic carbocycles. The number of hydrogen-bond acceptors (Lipinski definition) is 3. The van der Waals surface area contributed by atoms with Gasteiger partial charge in [-0.05, 0) is 38.1 Å². The molecule has 90 valence electrons. The fourth-order valence-corrected chi connectivity index (χ4v) is 1.52. The summed E-state index contributed by atoms with van der Waals surface area (Å²) in [5.74, 6) is 1.25. The van der Waals surface area contributed by atoms with Gasteiger partial charge in [0, 0.05) is 10.6 Å². The minimum atomic E-state index is 0.515. The Labute approximate surface area is 105 Å². The summed E-state index contributed by atoms with van der Waals surface area (Å²) >= 11 is 5.82.